The number of nitrogens with zero attached hydrogens (tertiary/aromatic N) is 4. The number of hydrazone groups is 1. The van der Waals surface area contributed by atoms with E-state index < -0.39 is 5.97 Å². The van der Waals surface area contributed by atoms with Gasteiger partial charge >= 0.3 is 5.97 Å². The van der Waals surface area contributed by atoms with E-state index in [4.69, 9.17) is 17.7 Å². The van der Waals surface area contributed by atoms with Gasteiger partial charge in [0.25, 0.3) is 0 Å². The number of nitrogens with one attached hydrogen (secondary N) is 2. The smallest absolute Gasteiger partial charge is 0.337 e. The molecular formula is C17H17N6O2SZn-. The van der Waals surface area contributed by atoms with Gasteiger partial charge in [0, 0.05) is 38.3 Å². The predicted molar refractivity (Wildman–Crippen MR) is 105 cm³/mol. The molecule has 0 unspecified atom stereocenters. The monoisotopic (exact) mass is 433 g/mol. The van der Waals surface area contributed by atoms with Gasteiger partial charge in [-0.2, -0.15) is 15.3 Å². The van der Waals surface area contributed by atoms with Crippen LogP contribution in [0.3, 0.4) is 0 Å². The fourth-order valence-electron chi connectivity index (χ4n) is 1.87. The third-order valence-corrected chi connectivity index (χ3v) is 3.47. The molecule has 0 saturated carbocycles. The maximum atomic E-state index is 10.9. The Balaban J connectivity index is 0.00000364. The van der Waals surface area contributed by atoms with E-state index >= 15 is 0 Å². The average molecular weight is 435 g/mol. The second-order valence-corrected chi connectivity index (χ2v) is 5.40. The van der Waals surface area contributed by atoms with Crippen LogP contribution in [0.25, 0.3) is 0 Å². The summed E-state index contributed by atoms with van der Waals surface area (Å²) in [6, 6.07) is 12.4. The van der Waals surface area contributed by atoms with E-state index in [1.807, 2.05) is 30.3 Å². The molecule has 1 aromatic carbocycles. The van der Waals surface area contributed by atoms with Crippen LogP contribution in [-0.2, 0) is 32.1 Å². The number of pyridine rings is 1. The number of aromatic nitrogens is 1. The van der Waals surface area contributed by atoms with Crippen LogP contribution in [-0.4, -0.2) is 39.7 Å². The standard InChI is InChI=1S/C17H18N6O2S.Zn/c1-11(20-23-17(26)18-2)15(12-6-4-3-5-7-12)22-21-14-9-8-13(10-19-14)16(24)25;/h3-10H,1-2H3,(H,19,21)(H,24,25)(H2,18,23,26);/p-1/b20-11+,22-15-;. The van der Waals surface area contributed by atoms with Gasteiger partial charge in [0.15, 0.2) is 0 Å². The van der Waals surface area contributed by atoms with Crippen molar-refractivity contribution < 1.29 is 29.4 Å². The summed E-state index contributed by atoms with van der Waals surface area (Å²) in [5.41, 5.74) is 4.83. The van der Waals surface area contributed by atoms with Crippen molar-refractivity contribution in [2.45, 2.75) is 6.92 Å². The van der Waals surface area contributed by atoms with Crippen LogP contribution < -0.4 is 10.7 Å². The molecule has 1 aromatic heterocycles. The molecule has 0 radical (unpaired) electrons. The van der Waals surface area contributed by atoms with Gasteiger partial charge in [0.1, 0.15) is 11.5 Å². The molecule has 0 aliphatic carbocycles. The number of rotatable bonds is 6. The Morgan fingerprint density at radius 2 is 1.81 bits per heavy atom. The van der Waals surface area contributed by atoms with E-state index in [1.54, 1.807) is 14.0 Å². The Morgan fingerprint density at radius 3 is 2.37 bits per heavy atom. The molecular weight excluding hydrogens is 418 g/mol. The average Bonchev–Trinajstić information content (AvgIpc) is 2.67. The predicted octanol–water partition coefficient (Wildman–Crippen LogP) is 2.09. The topological polar surface area (TPSA) is 111 Å². The quantitative estimate of drug-likeness (QED) is 0.211. The Kier molecular flexibility index (Phi) is 9.18. The van der Waals surface area contributed by atoms with Crippen LogP contribution in [0.15, 0.2) is 64.0 Å². The van der Waals surface area contributed by atoms with Gasteiger partial charge in [-0.15, -0.1) is 0 Å². The molecule has 0 saturated heterocycles. The Bertz CT molecular complexity index is 853. The summed E-state index contributed by atoms with van der Waals surface area (Å²) in [6.45, 7) is 1.76. The number of benzene rings is 1. The van der Waals surface area contributed by atoms with Crippen molar-refractivity contribution in [2.75, 3.05) is 12.5 Å². The van der Waals surface area contributed by atoms with Gasteiger partial charge < -0.3 is 23.1 Å². The number of carbonyl (C=O) groups is 1. The zero-order chi connectivity index (χ0) is 18.9. The largest absolute Gasteiger partial charge is 0.741 e. The van der Waals surface area contributed by atoms with Crippen LogP contribution in [0.1, 0.15) is 22.8 Å². The van der Waals surface area contributed by atoms with Gasteiger partial charge in [-0.05, 0) is 24.2 Å². The summed E-state index contributed by atoms with van der Waals surface area (Å²) in [5, 5.41) is 24.2. The molecule has 136 valence electrons. The first-order valence-electron chi connectivity index (χ1n) is 7.57. The minimum absolute atomic E-state index is 0. The van der Waals surface area contributed by atoms with Gasteiger partial charge in [0.2, 0.25) is 0 Å². The molecule has 8 nitrogen and oxygen atoms in total. The van der Waals surface area contributed by atoms with Gasteiger partial charge in [-0.25, -0.2) is 9.78 Å². The second kappa shape index (κ2) is 11.1. The van der Waals surface area contributed by atoms with Crippen LogP contribution in [0.5, 0.6) is 0 Å². The fraction of sp³-hybridized carbons (Fsp3) is 0.118. The van der Waals surface area contributed by atoms with E-state index in [1.165, 1.54) is 18.3 Å². The van der Waals surface area contributed by atoms with Crippen molar-refractivity contribution >= 4 is 41.0 Å². The molecule has 0 spiro atoms. The van der Waals surface area contributed by atoms with E-state index in [0.29, 0.717) is 17.2 Å². The number of carboxylic acids is 1. The molecule has 0 fully saturated rings. The van der Waals surface area contributed by atoms with Gasteiger partial charge in [-0.1, -0.05) is 30.3 Å². The first-order chi connectivity index (χ1) is 12.5. The molecule has 0 amide bonds. The number of anilines is 1. The fourth-order valence-corrected chi connectivity index (χ4v) is 1.91. The Labute approximate surface area is 175 Å². The number of carboxylic acid groups (broad SMARTS) is 1. The molecule has 0 aliphatic rings. The summed E-state index contributed by atoms with van der Waals surface area (Å²) in [5.74, 6) is -0.637. The van der Waals surface area contributed by atoms with Crippen LogP contribution in [0, 0.1) is 0 Å². The minimum atomic E-state index is -1.04. The SMILES string of the molecule is CN/C([S-])=N/N=C(C)/C(=N/Nc1ccc(C(=O)O)cn1)c1ccccc1.[Zn]. The van der Waals surface area contributed by atoms with Crippen molar-refractivity contribution in [1.29, 1.82) is 0 Å². The van der Waals surface area contributed by atoms with Crippen molar-refractivity contribution in [2.24, 2.45) is 15.3 Å². The second-order valence-electron chi connectivity index (χ2n) is 5.02. The van der Waals surface area contributed by atoms with Crippen molar-refractivity contribution in [3.05, 3.63) is 59.8 Å². The molecule has 0 atom stereocenters. The summed E-state index contributed by atoms with van der Waals surface area (Å²) >= 11 is 4.95. The molecule has 3 N–H and O–H groups in total. The maximum absolute atomic E-state index is 10.9. The zero-order valence-corrected chi connectivity index (χ0v) is 18.7. The Morgan fingerprint density at radius 1 is 1.11 bits per heavy atom. The first kappa shape index (κ1) is 22.3. The molecule has 10 heteroatoms. The molecule has 2 aromatic rings. The van der Waals surface area contributed by atoms with Crippen LogP contribution >= 0.6 is 0 Å². The van der Waals surface area contributed by atoms with Crippen LogP contribution in [0.4, 0.5) is 5.82 Å². The van der Waals surface area contributed by atoms with Crippen molar-refractivity contribution in [1.82, 2.24) is 10.3 Å². The maximum Gasteiger partial charge on any atom is 0.337 e. The summed E-state index contributed by atoms with van der Waals surface area (Å²) in [7, 11) is 1.66. The summed E-state index contributed by atoms with van der Waals surface area (Å²) < 4.78 is 0. The molecule has 27 heavy (non-hydrogen) atoms. The van der Waals surface area contributed by atoms with E-state index in [0.717, 1.165) is 5.56 Å². The molecule has 2 rings (SSSR count). The van der Waals surface area contributed by atoms with Crippen molar-refractivity contribution in [3.8, 4) is 0 Å². The number of hydrogen-bond acceptors (Lipinski definition) is 7. The van der Waals surface area contributed by atoms with E-state index in [2.05, 4.69) is 31.0 Å². The van der Waals surface area contributed by atoms with Crippen molar-refractivity contribution in [3.63, 3.8) is 0 Å². The van der Waals surface area contributed by atoms with Gasteiger partial charge in [0.05, 0.1) is 11.3 Å². The first-order valence-corrected chi connectivity index (χ1v) is 7.98. The third-order valence-electron chi connectivity index (χ3n) is 3.19. The normalized spacial score (nSPS) is 12.1. The molecule has 0 bridgehead atoms. The number of aromatic carboxylic acids is 1. The number of hydrogen-bond donors (Lipinski definition) is 3. The molecule has 0 aliphatic heterocycles. The summed E-state index contributed by atoms with van der Waals surface area (Å²) in [6.07, 6.45) is 1.25. The van der Waals surface area contributed by atoms with E-state index in [-0.39, 0.29) is 30.2 Å². The zero-order valence-electron chi connectivity index (χ0n) is 14.9. The molecule has 1 heterocycles. The van der Waals surface area contributed by atoms with Gasteiger partial charge in [-0.3, -0.25) is 5.43 Å². The minimum Gasteiger partial charge on any atom is -0.741 e. The Hall–Kier alpha value is -2.71. The third kappa shape index (κ3) is 6.84. The summed E-state index contributed by atoms with van der Waals surface area (Å²) in [4.78, 5) is 14.9. The van der Waals surface area contributed by atoms with E-state index in [9.17, 15) is 4.79 Å². The number of amidine groups is 1. The van der Waals surface area contributed by atoms with Crippen LogP contribution in [0.2, 0.25) is 0 Å².